The monoisotopic (exact) mass is 382 g/mol. The van der Waals surface area contributed by atoms with Crippen molar-refractivity contribution in [2.75, 3.05) is 17.2 Å². The van der Waals surface area contributed by atoms with Crippen molar-refractivity contribution in [1.82, 2.24) is 14.8 Å². The van der Waals surface area contributed by atoms with Crippen LogP contribution < -0.4 is 4.90 Å². The SMILES string of the molecule is Cn1c(SCC(=O)c2ccc(N3CCCC3=O)cc2)nnc1-c1ccco1. The lowest BCUT2D eigenvalue weighted by molar-refractivity contribution is -0.117. The van der Waals surface area contributed by atoms with Gasteiger partial charge in [-0.2, -0.15) is 0 Å². The molecule has 0 atom stereocenters. The van der Waals surface area contributed by atoms with Gasteiger partial charge in [-0.05, 0) is 42.8 Å². The van der Waals surface area contributed by atoms with Crippen LogP contribution in [-0.4, -0.2) is 38.8 Å². The lowest BCUT2D eigenvalue weighted by Crippen LogP contribution is -2.23. The summed E-state index contributed by atoms with van der Waals surface area (Å²) >= 11 is 1.33. The van der Waals surface area contributed by atoms with E-state index in [-0.39, 0.29) is 17.4 Å². The number of thioether (sulfide) groups is 1. The Labute approximate surface area is 160 Å². The van der Waals surface area contributed by atoms with Crippen molar-refractivity contribution < 1.29 is 14.0 Å². The first-order valence-corrected chi connectivity index (χ1v) is 9.62. The van der Waals surface area contributed by atoms with E-state index >= 15 is 0 Å². The van der Waals surface area contributed by atoms with E-state index in [2.05, 4.69) is 10.2 Å². The number of aromatic nitrogens is 3. The maximum absolute atomic E-state index is 12.5. The molecule has 1 fully saturated rings. The fraction of sp³-hybridized carbons (Fsp3) is 0.263. The van der Waals surface area contributed by atoms with Crippen LogP contribution in [0.5, 0.6) is 0 Å². The number of amides is 1. The first-order valence-electron chi connectivity index (χ1n) is 8.63. The number of rotatable bonds is 6. The molecule has 1 amide bonds. The molecular weight excluding hydrogens is 364 g/mol. The summed E-state index contributed by atoms with van der Waals surface area (Å²) in [7, 11) is 1.84. The Hall–Kier alpha value is -2.87. The van der Waals surface area contributed by atoms with Gasteiger partial charge in [0.05, 0.1) is 12.0 Å². The molecular formula is C19H18N4O3S. The first-order chi connectivity index (χ1) is 13.1. The predicted molar refractivity (Wildman–Crippen MR) is 102 cm³/mol. The maximum Gasteiger partial charge on any atom is 0.227 e. The molecule has 4 rings (SSSR count). The minimum atomic E-state index is 0.00171. The van der Waals surface area contributed by atoms with Gasteiger partial charge in [0, 0.05) is 31.3 Å². The van der Waals surface area contributed by atoms with E-state index in [0.717, 1.165) is 18.7 Å². The molecule has 0 N–H and O–H groups in total. The minimum absolute atomic E-state index is 0.00171. The van der Waals surface area contributed by atoms with Gasteiger partial charge in [-0.15, -0.1) is 10.2 Å². The van der Waals surface area contributed by atoms with Crippen LogP contribution in [0.4, 0.5) is 5.69 Å². The molecule has 8 heteroatoms. The summed E-state index contributed by atoms with van der Waals surface area (Å²) in [6.45, 7) is 0.742. The largest absolute Gasteiger partial charge is 0.461 e. The fourth-order valence-corrected chi connectivity index (χ4v) is 3.83. The first kappa shape index (κ1) is 17.5. The molecule has 3 aromatic rings. The zero-order valence-corrected chi connectivity index (χ0v) is 15.6. The number of Topliss-reactive ketones (excluding diaryl/α,β-unsaturated/α-hetero) is 1. The second kappa shape index (κ2) is 7.40. The Morgan fingerprint density at radius 3 is 2.70 bits per heavy atom. The number of ketones is 1. The van der Waals surface area contributed by atoms with Gasteiger partial charge in [-0.3, -0.25) is 9.59 Å². The van der Waals surface area contributed by atoms with Crippen molar-refractivity contribution >= 4 is 29.1 Å². The normalized spacial score (nSPS) is 14.1. The number of carbonyl (C=O) groups excluding carboxylic acids is 2. The van der Waals surface area contributed by atoms with Crippen LogP contribution in [-0.2, 0) is 11.8 Å². The van der Waals surface area contributed by atoms with Crippen LogP contribution in [0.2, 0.25) is 0 Å². The lowest BCUT2D eigenvalue weighted by Gasteiger charge is -2.15. The average molecular weight is 382 g/mol. The van der Waals surface area contributed by atoms with Crippen LogP contribution in [0.15, 0.2) is 52.2 Å². The number of furan rings is 1. The average Bonchev–Trinajstić information content (AvgIpc) is 3.42. The van der Waals surface area contributed by atoms with E-state index < -0.39 is 0 Å². The standard InChI is InChI=1S/C19H18N4O3S/c1-22-18(16-4-3-11-26-16)20-21-19(22)27-12-15(24)13-6-8-14(9-7-13)23-10-2-5-17(23)25/h3-4,6-9,11H,2,5,10,12H2,1H3. The Morgan fingerprint density at radius 2 is 2.04 bits per heavy atom. The van der Waals surface area contributed by atoms with Crippen LogP contribution in [0.25, 0.3) is 11.6 Å². The van der Waals surface area contributed by atoms with Crippen molar-refractivity contribution in [3.05, 3.63) is 48.2 Å². The fourth-order valence-electron chi connectivity index (χ4n) is 3.02. The third-order valence-electron chi connectivity index (χ3n) is 4.48. The van der Waals surface area contributed by atoms with Gasteiger partial charge in [0.1, 0.15) is 0 Å². The Kier molecular flexibility index (Phi) is 4.81. The van der Waals surface area contributed by atoms with E-state index in [9.17, 15) is 9.59 Å². The highest BCUT2D eigenvalue weighted by atomic mass is 32.2. The number of carbonyl (C=O) groups is 2. The quantitative estimate of drug-likeness (QED) is 0.481. The molecule has 0 bridgehead atoms. The van der Waals surface area contributed by atoms with E-state index in [1.165, 1.54) is 11.8 Å². The van der Waals surface area contributed by atoms with Gasteiger partial charge < -0.3 is 13.9 Å². The zero-order chi connectivity index (χ0) is 18.8. The molecule has 0 unspecified atom stereocenters. The minimum Gasteiger partial charge on any atom is -0.461 e. The molecule has 1 aliphatic heterocycles. The van der Waals surface area contributed by atoms with Gasteiger partial charge in [-0.1, -0.05) is 11.8 Å². The van der Waals surface area contributed by atoms with Crippen molar-refractivity contribution in [3.63, 3.8) is 0 Å². The summed E-state index contributed by atoms with van der Waals surface area (Å²) in [4.78, 5) is 26.1. The topological polar surface area (TPSA) is 81.2 Å². The summed E-state index contributed by atoms with van der Waals surface area (Å²) in [6.07, 6.45) is 3.06. The summed E-state index contributed by atoms with van der Waals surface area (Å²) < 4.78 is 7.15. The molecule has 1 aliphatic rings. The summed E-state index contributed by atoms with van der Waals surface area (Å²) in [6, 6.07) is 10.8. The molecule has 138 valence electrons. The van der Waals surface area contributed by atoms with Crippen LogP contribution >= 0.6 is 11.8 Å². The van der Waals surface area contributed by atoms with Gasteiger partial charge >= 0.3 is 0 Å². The van der Waals surface area contributed by atoms with Crippen LogP contribution in [0.1, 0.15) is 23.2 Å². The van der Waals surface area contributed by atoms with Crippen molar-refractivity contribution in [2.24, 2.45) is 7.05 Å². The smallest absolute Gasteiger partial charge is 0.227 e. The van der Waals surface area contributed by atoms with Crippen LogP contribution in [0.3, 0.4) is 0 Å². The number of benzene rings is 1. The summed E-state index contributed by atoms with van der Waals surface area (Å²) in [5.74, 6) is 1.65. The third-order valence-corrected chi connectivity index (χ3v) is 5.50. The Balaban J connectivity index is 1.40. The summed E-state index contributed by atoms with van der Waals surface area (Å²) in [5, 5.41) is 8.90. The van der Waals surface area contributed by atoms with Gasteiger partial charge in [-0.25, -0.2) is 0 Å². The second-order valence-corrected chi connectivity index (χ2v) is 7.19. The van der Waals surface area contributed by atoms with E-state index in [1.807, 2.05) is 25.2 Å². The third kappa shape index (κ3) is 3.52. The van der Waals surface area contributed by atoms with Gasteiger partial charge in [0.2, 0.25) is 5.91 Å². The van der Waals surface area contributed by atoms with E-state index in [4.69, 9.17) is 4.42 Å². The van der Waals surface area contributed by atoms with E-state index in [1.54, 1.807) is 33.9 Å². The number of anilines is 1. The highest BCUT2D eigenvalue weighted by Gasteiger charge is 2.22. The number of hydrogen-bond acceptors (Lipinski definition) is 6. The van der Waals surface area contributed by atoms with Gasteiger partial charge in [0.15, 0.2) is 22.5 Å². The summed E-state index contributed by atoms with van der Waals surface area (Å²) in [5.41, 5.74) is 1.46. The molecule has 27 heavy (non-hydrogen) atoms. The molecule has 1 saturated heterocycles. The second-order valence-electron chi connectivity index (χ2n) is 6.25. The molecule has 0 radical (unpaired) electrons. The highest BCUT2D eigenvalue weighted by Crippen LogP contribution is 2.25. The molecule has 2 aromatic heterocycles. The number of hydrogen-bond donors (Lipinski definition) is 0. The van der Waals surface area contributed by atoms with Gasteiger partial charge in [0.25, 0.3) is 0 Å². The molecule has 7 nitrogen and oxygen atoms in total. The van der Waals surface area contributed by atoms with E-state index in [0.29, 0.717) is 28.7 Å². The Morgan fingerprint density at radius 1 is 1.22 bits per heavy atom. The Bertz CT molecular complexity index is 964. The molecule has 3 heterocycles. The number of nitrogens with zero attached hydrogens (tertiary/aromatic N) is 4. The molecule has 0 aliphatic carbocycles. The van der Waals surface area contributed by atoms with Crippen LogP contribution in [0, 0.1) is 0 Å². The highest BCUT2D eigenvalue weighted by molar-refractivity contribution is 7.99. The maximum atomic E-state index is 12.5. The molecule has 0 spiro atoms. The lowest BCUT2D eigenvalue weighted by atomic mass is 10.1. The molecule has 1 aromatic carbocycles. The van der Waals surface area contributed by atoms with Crippen molar-refractivity contribution in [2.45, 2.75) is 18.0 Å². The molecule has 0 saturated carbocycles. The predicted octanol–water partition coefficient (Wildman–Crippen LogP) is 3.18. The van der Waals surface area contributed by atoms with Crippen molar-refractivity contribution in [1.29, 1.82) is 0 Å². The zero-order valence-electron chi connectivity index (χ0n) is 14.8. The van der Waals surface area contributed by atoms with Crippen molar-refractivity contribution in [3.8, 4) is 11.6 Å².